The summed E-state index contributed by atoms with van der Waals surface area (Å²) >= 11 is 11.3. The molecule has 1 heterocycles. The molecule has 0 aliphatic rings. The summed E-state index contributed by atoms with van der Waals surface area (Å²) in [4.78, 5) is 26.9. The smallest absolute Gasteiger partial charge is 0.417 e. The third kappa shape index (κ3) is 5.06. The number of halogens is 6. The second-order valence-electron chi connectivity index (χ2n) is 4.80. The Hall–Kier alpha value is -2.39. The third-order valence-electron chi connectivity index (χ3n) is 2.91. The van der Waals surface area contributed by atoms with Crippen molar-refractivity contribution in [3.63, 3.8) is 0 Å². The molecule has 26 heavy (non-hydrogen) atoms. The van der Waals surface area contributed by atoms with Crippen molar-refractivity contribution in [2.75, 3.05) is 11.9 Å². The van der Waals surface area contributed by atoms with E-state index < -0.39 is 41.1 Å². The highest BCUT2D eigenvalue weighted by Crippen LogP contribution is 2.32. The Morgan fingerprint density at radius 3 is 2.42 bits per heavy atom. The number of benzene rings is 1. The van der Waals surface area contributed by atoms with Gasteiger partial charge in [0.05, 0.1) is 21.2 Å². The zero-order valence-electron chi connectivity index (χ0n) is 12.5. The SMILES string of the molecule is O=C(COC(=O)c1ccc(F)cc1Cl)Nc1ncc(C(F)(F)F)cc1Cl. The van der Waals surface area contributed by atoms with Crippen molar-refractivity contribution in [1.82, 2.24) is 4.98 Å². The fourth-order valence-corrected chi connectivity index (χ4v) is 2.17. The van der Waals surface area contributed by atoms with E-state index in [4.69, 9.17) is 27.9 Å². The first kappa shape index (κ1) is 19.9. The fourth-order valence-electron chi connectivity index (χ4n) is 1.72. The quantitative estimate of drug-likeness (QED) is 0.601. The van der Waals surface area contributed by atoms with Crippen molar-refractivity contribution in [3.8, 4) is 0 Å². The van der Waals surface area contributed by atoms with Gasteiger partial charge in [-0.25, -0.2) is 14.2 Å². The highest BCUT2D eigenvalue weighted by molar-refractivity contribution is 6.34. The topological polar surface area (TPSA) is 68.3 Å². The van der Waals surface area contributed by atoms with Gasteiger partial charge in [-0.05, 0) is 24.3 Å². The van der Waals surface area contributed by atoms with Crippen LogP contribution in [0.1, 0.15) is 15.9 Å². The standard InChI is InChI=1S/C15H8Cl2F4N2O3/c16-10-4-8(18)1-2-9(10)14(25)26-6-12(24)23-13-11(17)3-7(5-22-13)15(19,20)21/h1-5H,6H2,(H,22,23,24). The van der Waals surface area contributed by atoms with E-state index in [0.29, 0.717) is 12.3 Å². The first-order valence-corrected chi connectivity index (χ1v) is 7.48. The number of nitrogens with one attached hydrogen (secondary N) is 1. The molecule has 0 saturated heterocycles. The minimum atomic E-state index is -4.64. The molecule has 1 aromatic heterocycles. The first-order valence-electron chi connectivity index (χ1n) is 6.72. The minimum Gasteiger partial charge on any atom is -0.452 e. The van der Waals surface area contributed by atoms with Crippen LogP contribution >= 0.6 is 23.2 Å². The maximum atomic E-state index is 12.9. The van der Waals surface area contributed by atoms with Gasteiger partial charge in [0.1, 0.15) is 5.82 Å². The maximum Gasteiger partial charge on any atom is 0.417 e. The molecule has 2 aromatic rings. The molecule has 0 bridgehead atoms. The van der Waals surface area contributed by atoms with E-state index in [0.717, 1.165) is 18.2 Å². The van der Waals surface area contributed by atoms with E-state index in [-0.39, 0.29) is 16.4 Å². The molecule has 0 aliphatic heterocycles. The summed E-state index contributed by atoms with van der Waals surface area (Å²) in [5.41, 5.74) is -1.25. The van der Waals surface area contributed by atoms with E-state index in [1.807, 2.05) is 0 Å². The summed E-state index contributed by atoms with van der Waals surface area (Å²) in [6.07, 6.45) is -4.14. The Balaban J connectivity index is 1.98. The summed E-state index contributed by atoms with van der Waals surface area (Å²) < 4.78 is 55.1. The molecule has 2 rings (SSSR count). The molecule has 0 saturated carbocycles. The van der Waals surface area contributed by atoms with Gasteiger partial charge in [-0.15, -0.1) is 0 Å². The van der Waals surface area contributed by atoms with Gasteiger partial charge in [-0.3, -0.25) is 4.79 Å². The van der Waals surface area contributed by atoms with Crippen molar-refractivity contribution in [2.45, 2.75) is 6.18 Å². The Morgan fingerprint density at radius 2 is 1.85 bits per heavy atom. The van der Waals surface area contributed by atoms with Gasteiger partial charge in [0.2, 0.25) is 0 Å². The Labute approximate surface area is 153 Å². The molecular weight excluding hydrogens is 403 g/mol. The van der Waals surface area contributed by atoms with Crippen molar-refractivity contribution in [1.29, 1.82) is 0 Å². The van der Waals surface area contributed by atoms with E-state index in [2.05, 4.69) is 10.3 Å². The van der Waals surface area contributed by atoms with Crippen molar-refractivity contribution >= 4 is 40.9 Å². The average molecular weight is 411 g/mol. The van der Waals surface area contributed by atoms with E-state index in [1.165, 1.54) is 0 Å². The van der Waals surface area contributed by atoms with Crippen LogP contribution in [0.3, 0.4) is 0 Å². The predicted octanol–water partition coefficient (Wildman–Crippen LogP) is 4.34. The highest BCUT2D eigenvalue weighted by Gasteiger charge is 2.31. The number of carbonyl (C=O) groups excluding carboxylic acids is 2. The number of aromatic nitrogens is 1. The predicted molar refractivity (Wildman–Crippen MR) is 84.6 cm³/mol. The van der Waals surface area contributed by atoms with Gasteiger partial charge in [0.15, 0.2) is 12.4 Å². The molecule has 0 radical (unpaired) electrons. The van der Waals surface area contributed by atoms with Crippen LogP contribution < -0.4 is 5.32 Å². The lowest BCUT2D eigenvalue weighted by Crippen LogP contribution is -2.22. The van der Waals surface area contributed by atoms with Gasteiger partial charge in [0, 0.05) is 6.20 Å². The zero-order chi connectivity index (χ0) is 19.5. The number of anilines is 1. The molecule has 0 aliphatic carbocycles. The number of amides is 1. The molecule has 1 amide bonds. The number of hydrogen-bond acceptors (Lipinski definition) is 4. The fraction of sp³-hybridized carbons (Fsp3) is 0.133. The number of ether oxygens (including phenoxy) is 1. The van der Waals surface area contributed by atoms with Crippen LogP contribution in [-0.4, -0.2) is 23.5 Å². The Kier molecular flexibility index (Phi) is 6.04. The van der Waals surface area contributed by atoms with Crippen molar-refractivity contribution < 1.29 is 31.9 Å². The van der Waals surface area contributed by atoms with Gasteiger partial charge in [-0.1, -0.05) is 23.2 Å². The molecule has 5 nitrogen and oxygen atoms in total. The molecule has 1 N–H and O–H groups in total. The van der Waals surface area contributed by atoms with Crippen LogP contribution in [-0.2, 0) is 15.7 Å². The maximum absolute atomic E-state index is 12.9. The monoisotopic (exact) mass is 410 g/mol. The number of rotatable bonds is 4. The number of carbonyl (C=O) groups is 2. The van der Waals surface area contributed by atoms with Gasteiger partial charge < -0.3 is 10.1 Å². The van der Waals surface area contributed by atoms with Crippen LogP contribution in [0.2, 0.25) is 10.0 Å². The number of alkyl halides is 3. The van der Waals surface area contributed by atoms with Gasteiger partial charge in [-0.2, -0.15) is 13.2 Å². The second-order valence-corrected chi connectivity index (χ2v) is 5.62. The molecule has 11 heteroatoms. The lowest BCUT2D eigenvalue weighted by Gasteiger charge is -2.10. The van der Waals surface area contributed by atoms with Gasteiger partial charge in [0.25, 0.3) is 5.91 Å². The third-order valence-corrected chi connectivity index (χ3v) is 3.51. The van der Waals surface area contributed by atoms with E-state index in [9.17, 15) is 27.2 Å². The Morgan fingerprint density at radius 1 is 1.15 bits per heavy atom. The summed E-state index contributed by atoms with van der Waals surface area (Å²) in [6, 6.07) is 3.54. The van der Waals surface area contributed by atoms with Crippen LogP contribution in [0, 0.1) is 5.82 Å². The van der Waals surface area contributed by atoms with Crippen molar-refractivity contribution in [3.05, 3.63) is 57.5 Å². The summed E-state index contributed by atoms with van der Waals surface area (Å²) in [5, 5.41) is 1.45. The Bertz CT molecular complexity index is 859. The highest BCUT2D eigenvalue weighted by atomic mass is 35.5. The van der Waals surface area contributed by atoms with Crippen LogP contribution in [0.15, 0.2) is 30.5 Å². The lowest BCUT2D eigenvalue weighted by atomic mass is 10.2. The van der Waals surface area contributed by atoms with E-state index >= 15 is 0 Å². The molecule has 0 fully saturated rings. The molecule has 0 atom stereocenters. The number of esters is 1. The molecule has 0 spiro atoms. The van der Waals surface area contributed by atoms with E-state index in [1.54, 1.807) is 0 Å². The van der Waals surface area contributed by atoms with Gasteiger partial charge >= 0.3 is 12.1 Å². The molecule has 1 aromatic carbocycles. The summed E-state index contributed by atoms with van der Waals surface area (Å²) in [6.45, 7) is -0.786. The van der Waals surface area contributed by atoms with Crippen LogP contribution in [0.5, 0.6) is 0 Å². The number of nitrogens with zero attached hydrogens (tertiary/aromatic N) is 1. The average Bonchev–Trinajstić information content (AvgIpc) is 2.53. The molecule has 0 unspecified atom stereocenters. The lowest BCUT2D eigenvalue weighted by molar-refractivity contribution is -0.137. The zero-order valence-corrected chi connectivity index (χ0v) is 14.0. The normalized spacial score (nSPS) is 11.2. The minimum absolute atomic E-state index is 0.161. The molecular formula is C15H8Cl2F4N2O3. The van der Waals surface area contributed by atoms with Crippen molar-refractivity contribution in [2.24, 2.45) is 0 Å². The second kappa shape index (κ2) is 7.88. The largest absolute Gasteiger partial charge is 0.452 e. The number of hydrogen-bond donors (Lipinski definition) is 1. The number of pyridine rings is 1. The first-order chi connectivity index (χ1) is 12.1. The molecule has 138 valence electrons. The summed E-state index contributed by atoms with van der Waals surface area (Å²) in [7, 11) is 0. The van der Waals surface area contributed by atoms with Crippen LogP contribution in [0.4, 0.5) is 23.4 Å². The summed E-state index contributed by atoms with van der Waals surface area (Å²) in [5.74, 6) is -2.88. The van der Waals surface area contributed by atoms with Crippen LogP contribution in [0.25, 0.3) is 0 Å².